The number of aromatic hydroxyl groups is 1. The van der Waals surface area contributed by atoms with E-state index in [1.165, 1.54) is 0 Å². The largest absolute Gasteiger partial charge is 0.508 e. The smallest absolute Gasteiger partial charge is 0.118 e. The van der Waals surface area contributed by atoms with Gasteiger partial charge in [-0.2, -0.15) is 10.5 Å². The third kappa shape index (κ3) is 5.73. The van der Waals surface area contributed by atoms with Crippen molar-refractivity contribution in [1.82, 2.24) is 0 Å². The van der Waals surface area contributed by atoms with Crippen molar-refractivity contribution in [2.45, 2.75) is 0 Å². The number of rotatable bonds is 3. The van der Waals surface area contributed by atoms with Gasteiger partial charge in [-0.15, -0.1) is 0 Å². The Kier molecular flexibility index (Phi) is 7.03. The number of phenols is 1. The van der Waals surface area contributed by atoms with Crippen LogP contribution in [0.3, 0.4) is 0 Å². The van der Waals surface area contributed by atoms with Crippen LogP contribution >= 0.6 is 0 Å². The van der Waals surface area contributed by atoms with Gasteiger partial charge >= 0.3 is 0 Å². The van der Waals surface area contributed by atoms with E-state index in [1.54, 1.807) is 31.4 Å². The number of phenolic OH excluding ortho intramolecular Hbond substituents is 1. The summed E-state index contributed by atoms with van der Waals surface area (Å²) in [6.45, 7) is 0. The van der Waals surface area contributed by atoms with E-state index in [1.807, 2.05) is 72.8 Å². The molecular weight excluding hydrogens is 384 g/mol. The van der Waals surface area contributed by atoms with Crippen LogP contribution < -0.4 is 4.74 Å². The SMILES string of the molecule is COc1ccc(-c2ccc(C#N)cc2)cc1.N#Cc1ccc(-c2ccc(O)cc2)cc1. The summed E-state index contributed by atoms with van der Waals surface area (Å²) in [4.78, 5) is 0. The molecule has 0 heterocycles. The van der Waals surface area contributed by atoms with E-state index < -0.39 is 0 Å². The van der Waals surface area contributed by atoms with Crippen LogP contribution in [-0.4, -0.2) is 12.2 Å². The molecule has 0 amide bonds. The van der Waals surface area contributed by atoms with Crippen LogP contribution in [0.4, 0.5) is 0 Å². The maximum Gasteiger partial charge on any atom is 0.118 e. The van der Waals surface area contributed by atoms with E-state index in [9.17, 15) is 0 Å². The van der Waals surface area contributed by atoms with Gasteiger partial charge in [0.1, 0.15) is 11.5 Å². The third-order valence-corrected chi connectivity index (χ3v) is 4.65. The minimum atomic E-state index is 0.257. The quantitative estimate of drug-likeness (QED) is 0.443. The van der Waals surface area contributed by atoms with Gasteiger partial charge in [0.2, 0.25) is 0 Å². The van der Waals surface area contributed by atoms with Crippen LogP contribution in [0, 0.1) is 22.7 Å². The van der Waals surface area contributed by atoms with Gasteiger partial charge in [-0.1, -0.05) is 48.5 Å². The second-order valence-corrected chi connectivity index (χ2v) is 6.65. The Hall–Kier alpha value is -4.54. The summed E-state index contributed by atoms with van der Waals surface area (Å²) < 4.78 is 5.10. The molecule has 0 spiro atoms. The van der Waals surface area contributed by atoms with E-state index in [2.05, 4.69) is 12.1 Å². The Bertz CT molecular complexity index is 1200. The molecule has 0 atom stereocenters. The molecular formula is C27H20N2O2. The molecule has 0 unspecified atom stereocenters. The molecule has 1 N–H and O–H groups in total. The van der Waals surface area contributed by atoms with E-state index in [0.717, 1.165) is 28.0 Å². The van der Waals surface area contributed by atoms with E-state index in [-0.39, 0.29) is 5.75 Å². The fraction of sp³-hybridized carbons (Fsp3) is 0.0370. The first-order valence-electron chi connectivity index (χ1n) is 9.57. The molecule has 4 rings (SSSR count). The Morgan fingerprint density at radius 3 is 1.19 bits per heavy atom. The molecule has 0 aliphatic heterocycles. The number of methoxy groups -OCH3 is 1. The van der Waals surface area contributed by atoms with Gasteiger partial charge in [0.05, 0.1) is 30.4 Å². The highest BCUT2D eigenvalue weighted by Crippen LogP contribution is 2.23. The summed E-state index contributed by atoms with van der Waals surface area (Å²) in [5.41, 5.74) is 5.60. The molecule has 0 saturated heterocycles. The Morgan fingerprint density at radius 2 is 0.871 bits per heavy atom. The van der Waals surface area contributed by atoms with E-state index in [0.29, 0.717) is 11.1 Å². The molecule has 0 aliphatic rings. The predicted octanol–water partition coefficient (Wildman–Crippen LogP) is 6.16. The van der Waals surface area contributed by atoms with Crippen molar-refractivity contribution < 1.29 is 9.84 Å². The predicted molar refractivity (Wildman–Crippen MR) is 121 cm³/mol. The van der Waals surface area contributed by atoms with Crippen molar-refractivity contribution in [3.05, 3.63) is 108 Å². The van der Waals surface area contributed by atoms with Gasteiger partial charge in [-0.3, -0.25) is 0 Å². The molecule has 4 aromatic rings. The van der Waals surface area contributed by atoms with Crippen LogP contribution in [-0.2, 0) is 0 Å². The maximum atomic E-state index is 9.14. The van der Waals surface area contributed by atoms with Crippen molar-refractivity contribution >= 4 is 0 Å². The van der Waals surface area contributed by atoms with Crippen LogP contribution in [0.5, 0.6) is 11.5 Å². The zero-order valence-corrected chi connectivity index (χ0v) is 17.0. The summed E-state index contributed by atoms with van der Waals surface area (Å²) in [6, 6.07) is 33.9. The summed E-state index contributed by atoms with van der Waals surface area (Å²) in [6.07, 6.45) is 0. The summed E-state index contributed by atoms with van der Waals surface area (Å²) in [5, 5.41) is 26.5. The lowest BCUT2D eigenvalue weighted by molar-refractivity contribution is 0.415. The minimum absolute atomic E-state index is 0.257. The number of nitriles is 2. The molecule has 4 nitrogen and oxygen atoms in total. The van der Waals surface area contributed by atoms with Crippen LogP contribution in [0.25, 0.3) is 22.3 Å². The Labute approximate surface area is 181 Å². The van der Waals surface area contributed by atoms with Crippen LogP contribution in [0.2, 0.25) is 0 Å². The second kappa shape index (κ2) is 10.3. The van der Waals surface area contributed by atoms with E-state index >= 15 is 0 Å². The molecule has 4 heteroatoms. The number of benzene rings is 4. The fourth-order valence-electron chi connectivity index (χ4n) is 2.91. The lowest BCUT2D eigenvalue weighted by Gasteiger charge is -2.03. The molecule has 0 bridgehead atoms. The van der Waals surface area contributed by atoms with Crippen molar-refractivity contribution in [1.29, 1.82) is 10.5 Å². The number of hydrogen-bond donors (Lipinski definition) is 1. The molecule has 150 valence electrons. The van der Waals surface area contributed by atoms with Crippen molar-refractivity contribution in [2.75, 3.05) is 7.11 Å². The first kappa shape index (κ1) is 21.2. The number of nitrogens with zero attached hydrogens (tertiary/aromatic N) is 2. The molecule has 0 aromatic heterocycles. The molecule has 0 fully saturated rings. The van der Waals surface area contributed by atoms with Gasteiger partial charge in [0.25, 0.3) is 0 Å². The Balaban J connectivity index is 0.000000176. The highest BCUT2D eigenvalue weighted by Gasteiger charge is 1.99. The highest BCUT2D eigenvalue weighted by molar-refractivity contribution is 5.65. The van der Waals surface area contributed by atoms with Crippen LogP contribution in [0.15, 0.2) is 97.1 Å². The molecule has 0 radical (unpaired) electrons. The summed E-state index contributed by atoms with van der Waals surface area (Å²) >= 11 is 0. The van der Waals surface area contributed by atoms with E-state index in [4.69, 9.17) is 20.4 Å². The minimum Gasteiger partial charge on any atom is -0.508 e. The first-order valence-corrected chi connectivity index (χ1v) is 9.57. The van der Waals surface area contributed by atoms with Crippen molar-refractivity contribution in [3.63, 3.8) is 0 Å². The van der Waals surface area contributed by atoms with Gasteiger partial charge in [-0.25, -0.2) is 0 Å². The first-order chi connectivity index (χ1) is 15.1. The monoisotopic (exact) mass is 404 g/mol. The zero-order chi connectivity index (χ0) is 22.1. The fourth-order valence-corrected chi connectivity index (χ4v) is 2.91. The maximum absolute atomic E-state index is 9.14. The Morgan fingerprint density at radius 1 is 0.548 bits per heavy atom. The average Bonchev–Trinajstić information content (AvgIpc) is 2.85. The standard InChI is InChI=1S/C14H11NO.C13H9NO/c1-16-14-8-6-13(7-9-14)12-4-2-11(10-15)3-5-12;14-9-10-1-3-11(4-2-10)12-5-7-13(15)8-6-12/h2-9H,1H3;1-8,15H. The lowest BCUT2D eigenvalue weighted by atomic mass is 10.0. The third-order valence-electron chi connectivity index (χ3n) is 4.65. The number of ether oxygens (including phenoxy) is 1. The summed E-state index contributed by atoms with van der Waals surface area (Å²) in [7, 11) is 1.65. The number of hydrogen-bond acceptors (Lipinski definition) is 4. The van der Waals surface area contributed by atoms with Gasteiger partial charge < -0.3 is 9.84 Å². The van der Waals surface area contributed by atoms with Gasteiger partial charge in [0, 0.05) is 0 Å². The molecule has 0 aliphatic carbocycles. The van der Waals surface area contributed by atoms with Crippen molar-refractivity contribution in [3.8, 4) is 45.9 Å². The van der Waals surface area contributed by atoms with Gasteiger partial charge in [0.15, 0.2) is 0 Å². The molecule has 4 aromatic carbocycles. The average molecular weight is 404 g/mol. The zero-order valence-electron chi connectivity index (χ0n) is 17.0. The second-order valence-electron chi connectivity index (χ2n) is 6.65. The van der Waals surface area contributed by atoms with Crippen molar-refractivity contribution in [2.24, 2.45) is 0 Å². The molecule has 31 heavy (non-hydrogen) atoms. The topological polar surface area (TPSA) is 77.0 Å². The lowest BCUT2D eigenvalue weighted by Crippen LogP contribution is -1.83. The normalized spacial score (nSPS) is 9.52. The highest BCUT2D eigenvalue weighted by atomic mass is 16.5. The van der Waals surface area contributed by atoms with Crippen LogP contribution in [0.1, 0.15) is 11.1 Å². The summed E-state index contributed by atoms with van der Waals surface area (Å²) in [5.74, 6) is 1.10. The van der Waals surface area contributed by atoms with Gasteiger partial charge in [-0.05, 0) is 70.8 Å². The molecule has 0 saturated carbocycles.